The van der Waals surface area contributed by atoms with Gasteiger partial charge in [-0.05, 0) is 49.5 Å². The molecule has 6 nitrogen and oxygen atoms in total. The van der Waals surface area contributed by atoms with Crippen molar-refractivity contribution in [2.24, 2.45) is 0 Å². The van der Waals surface area contributed by atoms with Gasteiger partial charge in [0, 0.05) is 24.5 Å². The quantitative estimate of drug-likeness (QED) is 0.712. The fraction of sp³-hybridized carbons (Fsp3) is 0.421. The first kappa shape index (κ1) is 21.3. The second kappa shape index (κ2) is 9.37. The molecule has 1 aromatic carbocycles. The molecule has 1 amide bonds. The number of rotatable bonds is 7. The maximum Gasteiger partial charge on any atom is 0.243 e. The Labute approximate surface area is 175 Å². The van der Waals surface area contributed by atoms with Crippen molar-refractivity contribution in [2.45, 2.75) is 30.7 Å². The van der Waals surface area contributed by atoms with Gasteiger partial charge in [-0.2, -0.15) is 4.31 Å². The normalized spacial score (nSPS) is 15.7. The van der Waals surface area contributed by atoms with Crippen molar-refractivity contribution in [1.82, 2.24) is 9.21 Å². The van der Waals surface area contributed by atoms with E-state index in [0.717, 1.165) is 19.3 Å². The first-order chi connectivity index (χ1) is 13.4. The van der Waals surface area contributed by atoms with Gasteiger partial charge < -0.3 is 5.32 Å². The monoisotopic (exact) mass is 441 g/mol. The van der Waals surface area contributed by atoms with E-state index in [1.807, 2.05) is 29.5 Å². The van der Waals surface area contributed by atoms with E-state index < -0.39 is 10.0 Å². The molecule has 152 valence electrons. The number of carbonyl (C=O) groups is 1. The molecule has 0 atom stereocenters. The van der Waals surface area contributed by atoms with Crippen molar-refractivity contribution >= 4 is 44.6 Å². The highest BCUT2D eigenvalue weighted by Crippen LogP contribution is 2.28. The third-order valence-corrected chi connectivity index (χ3v) is 7.67. The zero-order chi connectivity index (χ0) is 20.1. The van der Waals surface area contributed by atoms with Crippen molar-refractivity contribution in [3.8, 4) is 0 Å². The Hall–Kier alpha value is -1.45. The van der Waals surface area contributed by atoms with Gasteiger partial charge in [0.05, 0.1) is 22.2 Å². The maximum absolute atomic E-state index is 12.9. The second-order valence-corrected chi connectivity index (χ2v) is 10.3. The Morgan fingerprint density at radius 3 is 2.68 bits per heavy atom. The number of nitrogens with zero attached hydrogens (tertiary/aromatic N) is 2. The van der Waals surface area contributed by atoms with Crippen LogP contribution in [0.25, 0.3) is 0 Å². The third kappa shape index (κ3) is 5.33. The van der Waals surface area contributed by atoms with Gasteiger partial charge in [-0.1, -0.05) is 24.1 Å². The first-order valence-electron chi connectivity index (χ1n) is 9.17. The Morgan fingerprint density at radius 2 is 2.00 bits per heavy atom. The Balaban J connectivity index is 1.68. The number of anilines is 1. The number of benzene rings is 1. The zero-order valence-electron chi connectivity index (χ0n) is 15.7. The molecule has 1 aliphatic heterocycles. The Kier molecular flexibility index (Phi) is 7.11. The minimum atomic E-state index is -3.58. The van der Waals surface area contributed by atoms with Crippen LogP contribution in [0.15, 0.2) is 40.6 Å². The number of hydrogen-bond acceptors (Lipinski definition) is 5. The number of nitrogens with one attached hydrogen (secondary N) is 1. The van der Waals surface area contributed by atoms with Crippen molar-refractivity contribution in [1.29, 1.82) is 0 Å². The van der Waals surface area contributed by atoms with Crippen LogP contribution in [-0.4, -0.2) is 50.2 Å². The van der Waals surface area contributed by atoms with Crippen LogP contribution in [0.5, 0.6) is 0 Å². The minimum absolute atomic E-state index is 0.154. The van der Waals surface area contributed by atoms with Gasteiger partial charge in [-0.3, -0.25) is 9.69 Å². The predicted molar refractivity (Wildman–Crippen MR) is 113 cm³/mol. The lowest BCUT2D eigenvalue weighted by atomic mass is 10.2. The SMILES string of the molecule is CN(CC(=O)Nc1cc(S(=O)(=O)N2CCCCC2)ccc1Cl)Cc1cccs1. The van der Waals surface area contributed by atoms with Gasteiger partial charge in [0.2, 0.25) is 15.9 Å². The van der Waals surface area contributed by atoms with E-state index in [9.17, 15) is 13.2 Å². The van der Waals surface area contributed by atoms with Gasteiger partial charge in [0.1, 0.15) is 0 Å². The second-order valence-electron chi connectivity index (χ2n) is 6.91. The van der Waals surface area contributed by atoms with Gasteiger partial charge in [0.25, 0.3) is 0 Å². The zero-order valence-corrected chi connectivity index (χ0v) is 18.1. The standard InChI is InChI=1S/C19H24ClN3O3S2/c1-22(13-15-6-5-11-27-15)14-19(24)21-18-12-16(7-8-17(18)20)28(25,26)23-9-3-2-4-10-23/h5-8,11-12H,2-4,9-10,13-14H2,1H3,(H,21,24). The van der Waals surface area contributed by atoms with Gasteiger partial charge in [0.15, 0.2) is 0 Å². The van der Waals surface area contributed by atoms with Crippen LogP contribution >= 0.6 is 22.9 Å². The molecule has 0 saturated carbocycles. The number of likely N-dealkylation sites (N-methyl/N-ethyl adjacent to an activating group) is 1. The van der Waals surface area contributed by atoms with Crippen LogP contribution in [0.4, 0.5) is 5.69 Å². The van der Waals surface area contributed by atoms with Crippen molar-refractivity contribution in [3.63, 3.8) is 0 Å². The molecule has 1 aliphatic rings. The van der Waals surface area contributed by atoms with E-state index in [0.29, 0.717) is 30.3 Å². The topological polar surface area (TPSA) is 69.7 Å². The van der Waals surface area contributed by atoms with Crippen LogP contribution in [-0.2, 0) is 21.4 Å². The van der Waals surface area contributed by atoms with Crippen LogP contribution in [0.2, 0.25) is 5.02 Å². The van der Waals surface area contributed by atoms with E-state index >= 15 is 0 Å². The average molecular weight is 442 g/mol. The Bertz CT molecular complexity index is 911. The lowest BCUT2D eigenvalue weighted by Crippen LogP contribution is -2.35. The molecule has 2 heterocycles. The molecule has 0 aliphatic carbocycles. The summed E-state index contributed by atoms with van der Waals surface area (Å²) in [4.78, 5) is 15.6. The highest BCUT2D eigenvalue weighted by Gasteiger charge is 2.26. The molecular weight excluding hydrogens is 418 g/mol. The Morgan fingerprint density at radius 1 is 1.25 bits per heavy atom. The summed E-state index contributed by atoms with van der Waals surface area (Å²) in [6, 6.07) is 8.45. The van der Waals surface area contributed by atoms with Crippen LogP contribution in [0.1, 0.15) is 24.1 Å². The van der Waals surface area contributed by atoms with Crippen LogP contribution in [0.3, 0.4) is 0 Å². The number of thiophene rings is 1. The fourth-order valence-electron chi connectivity index (χ4n) is 3.17. The number of carbonyl (C=O) groups excluding carboxylic acids is 1. The molecule has 3 rings (SSSR count). The van der Waals surface area contributed by atoms with Crippen molar-refractivity contribution in [3.05, 3.63) is 45.6 Å². The summed E-state index contributed by atoms with van der Waals surface area (Å²) >= 11 is 7.83. The van der Waals surface area contributed by atoms with E-state index in [-0.39, 0.29) is 17.3 Å². The van der Waals surface area contributed by atoms with Gasteiger partial charge in [-0.15, -0.1) is 11.3 Å². The molecule has 0 bridgehead atoms. The number of piperidine rings is 1. The molecule has 1 fully saturated rings. The fourth-order valence-corrected chi connectivity index (χ4v) is 5.67. The lowest BCUT2D eigenvalue weighted by molar-refractivity contribution is -0.117. The highest BCUT2D eigenvalue weighted by atomic mass is 35.5. The summed E-state index contributed by atoms with van der Waals surface area (Å²) in [5.41, 5.74) is 0.314. The number of sulfonamides is 1. The van der Waals surface area contributed by atoms with Crippen molar-refractivity contribution < 1.29 is 13.2 Å². The molecule has 0 radical (unpaired) electrons. The third-order valence-electron chi connectivity index (χ3n) is 4.58. The average Bonchev–Trinajstić information content (AvgIpc) is 3.16. The molecular formula is C19H24ClN3O3S2. The predicted octanol–water partition coefficient (Wildman–Crippen LogP) is 3.65. The van der Waals surface area contributed by atoms with Gasteiger partial charge in [-0.25, -0.2) is 8.42 Å². The molecule has 1 N–H and O–H groups in total. The largest absolute Gasteiger partial charge is 0.324 e. The van der Waals surface area contributed by atoms with E-state index in [2.05, 4.69) is 5.32 Å². The summed E-state index contributed by atoms with van der Waals surface area (Å²) < 4.78 is 27.2. The smallest absolute Gasteiger partial charge is 0.243 e. The molecule has 1 saturated heterocycles. The molecule has 9 heteroatoms. The maximum atomic E-state index is 12.9. The van der Waals surface area contributed by atoms with Crippen LogP contribution in [0, 0.1) is 0 Å². The summed E-state index contributed by atoms with van der Waals surface area (Å²) in [6.45, 7) is 1.90. The molecule has 0 spiro atoms. The number of halogens is 1. The van der Waals surface area contributed by atoms with E-state index in [1.165, 1.54) is 27.4 Å². The minimum Gasteiger partial charge on any atom is -0.324 e. The summed E-state index contributed by atoms with van der Waals surface area (Å²) in [7, 11) is -1.72. The first-order valence-corrected chi connectivity index (χ1v) is 11.9. The number of amides is 1. The summed E-state index contributed by atoms with van der Waals surface area (Å²) in [5.74, 6) is -0.242. The summed E-state index contributed by atoms with van der Waals surface area (Å²) in [6.07, 6.45) is 2.78. The lowest BCUT2D eigenvalue weighted by Gasteiger charge is -2.26. The van der Waals surface area contributed by atoms with Crippen LogP contribution < -0.4 is 5.32 Å². The summed E-state index contributed by atoms with van der Waals surface area (Å²) in [5, 5.41) is 5.05. The molecule has 1 aromatic heterocycles. The number of hydrogen-bond donors (Lipinski definition) is 1. The molecule has 0 unspecified atom stereocenters. The van der Waals surface area contributed by atoms with Gasteiger partial charge >= 0.3 is 0 Å². The van der Waals surface area contributed by atoms with E-state index in [1.54, 1.807) is 11.3 Å². The molecule has 28 heavy (non-hydrogen) atoms. The van der Waals surface area contributed by atoms with Crippen molar-refractivity contribution in [2.75, 3.05) is 32.0 Å². The molecule has 2 aromatic rings. The highest BCUT2D eigenvalue weighted by molar-refractivity contribution is 7.89. The van der Waals surface area contributed by atoms with E-state index in [4.69, 9.17) is 11.6 Å².